The van der Waals surface area contributed by atoms with Crippen LogP contribution in [0.4, 0.5) is 5.69 Å². The SMILES string of the molecule is NC(=S)N/N=C1\CC(c2ccccc2)Nc2ccccc21. The molecule has 3 rings (SSSR count). The van der Waals surface area contributed by atoms with Crippen molar-refractivity contribution in [3.8, 4) is 0 Å². The molecule has 0 saturated heterocycles. The molecule has 0 saturated carbocycles. The second kappa shape index (κ2) is 5.93. The van der Waals surface area contributed by atoms with Crippen LogP contribution >= 0.6 is 12.2 Å². The Morgan fingerprint density at radius 3 is 2.62 bits per heavy atom. The monoisotopic (exact) mass is 296 g/mol. The van der Waals surface area contributed by atoms with Crippen LogP contribution < -0.4 is 16.5 Å². The predicted octanol–water partition coefficient (Wildman–Crippen LogP) is 2.78. The van der Waals surface area contributed by atoms with Crippen molar-refractivity contribution in [3.63, 3.8) is 0 Å². The van der Waals surface area contributed by atoms with Gasteiger partial charge in [-0.15, -0.1) is 0 Å². The summed E-state index contributed by atoms with van der Waals surface area (Å²) in [6.45, 7) is 0. The molecule has 0 radical (unpaired) electrons. The van der Waals surface area contributed by atoms with E-state index in [-0.39, 0.29) is 11.2 Å². The van der Waals surface area contributed by atoms with Crippen LogP contribution in [-0.2, 0) is 0 Å². The second-order valence-electron chi connectivity index (χ2n) is 4.89. The summed E-state index contributed by atoms with van der Waals surface area (Å²) in [5.41, 5.74) is 12.5. The summed E-state index contributed by atoms with van der Waals surface area (Å²) in [4.78, 5) is 0. The number of fused-ring (bicyclic) bond motifs is 1. The van der Waals surface area contributed by atoms with Gasteiger partial charge in [-0.2, -0.15) is 5.10 Å². The fourth-order valence-electron chi connectivity index (χ4n) is 2.52. The highest BCUT2D eigenvalue weighted by atomic mass is 32.1. The highest BCUT2D eigenvalue weighted by Crippen LogP contribution is 2.32. The smallest absolute Gasteiger partial charge is 0.184 e. The molecule has 5 heteroatoms. The lowest BCUT2D eigenvalue weighted by Crippen LogP contribution is -2.29. The van der Waals surface area contributed by atoms with Crippen LogP contribution in [0.15, 0.2) is 59.7 Å². The summed E-state index contributed by atoms with van der Waals surface area (Å²) >= 11 is 4.83. The first-order valence-corrected chi connectivity index (χ1v) is 7.18. The van der Waals surface area contributed by atoms with Crippen molar-refractivity contribution in [2.45, 2.75) is 12.5 Å². The zero-order chi connectivity index (χ0) is 14.7. The van der Waals surface area contributed by atoms with Gasteiger partial charge in [0, 0.05) is 17.7 Å². The Kier molecular flexibility index (Phi) is 3.83. The van der Waals surface area contributed by atoms with Gasteiger partial charge >= 0.3 is 0 Å². The minimum absolute atomic E-state index is 0.176. The molecule has 1 aliphatic rings. The zero-order valence-corrected chi connectivity index (χ0v) is 12.2. The molecule has 0 aliphatic carbocycles. The van der Waals surface area contributed by atoms with Crippen molar-refractivity contribution in [1.29, 1.82) is 0 Å². The first kappa shape index (κ1) is 13.6. The maximum Gasteiger partial charge on any atom is 0.184 e. The summed E-state index contributed by atoms with van der Waals surface area (Å²) in [7, 11) is 0. The molecule has 4 nitrogen and oxygen atoms in total. The molecule has 1 unspecified atom stereocenters. The van der Waals surface area contributed by atoms with E-state index in [0.29, 0.717) is 0 Å². The van der Waals surface area contributed by atoms with Gasteiger partial charge in [0.1, 0.15) is 0 Å². The first-order valence-electron chi connectivity index (χ1n) is 6.77. The maximum atomic E-state index is 5.47. The fourth-order valence-corrected chi connectivity index (χ4v) is 2.56. The van der Waals surface area contributed by atoms with E-state index in [1.54, 1.807) is 0 Å². The van der Waals surface area contributed by atoms with Gasteiger partial charge in [-0.1, -0.05) is 48.5 Å². The molecular formula is C16H16N4S. The van der Waals surface area contributed by atoms with Crippen molar-refractivity contribution >= 4 is 28.7 Å². The van der Waals surface area contributed by atoms with Crippen molar-refractivity contribution in [1.82, 2.24) is 5.43 Å². The topological polar surface area (TPSA) is 62.4 Å². The van der Waals surface area contributed by atoms with Gasteiger partial charge in [-0.05, 0) is 23.8 Å². The Bertz CT molecular complexity index is 682. The lowest BCUT2D eigenvalue weighted by molar-refractivity contribution is 0.800. The van der Waals surface area contributed by atoms with Crippen molar-refractivity contribution < 1.29 is 0 Å². The molecule has 0 spiro atoms. The Labute approximate surface area is 129 Å². The van der Waals surface area contributed by atoms with Crippen LogP contribution in [0.2, 0.25) is 0 Å². The first-order chi connectivity index (χ1) is 10.2. The molecule has 2 aromatic carbocycles. The Morgan fingerprint density at radius 1 is 1.14 bits per heavy atom. The Morgan fingerprint density at radius 2 is 1.86 bits per heavy atom. The van der Waals surface area contributed by atoms with Crippen molar-refractivity contribution in [3.05, 3.63) is 65.7 Å². The van der Waals surface area contributed by atoms with Gasteiger partial charge in [0.05, 0.1) is 11.8 Å². The zero-order valence-electron chi connectivity index (χ0n) is 11.4. The second-order valence-corrected chi connectivity index (χ2v) is 5.33. The average Bonchev–Trinajstić information content (AvgIpc) is 2.53. The number of rotatable bonds is 2. The van der Waals surface area contributed by atoms with Gasteiger partial charge in [0.15, 0.2) is 5.11 Å². The van der Waals surface area contributed by atoms with Crippen molar-refractivity contribution in [2.75, 3.05) is 5.32 Å². The molecule has 2 aromatic rings. The third kappa shape index (κ3) is 3.03. The van der Waals surface area contributed by atoms with E-state index in [2.05, 4.69) is 34.0 Å². The summed E-state index contributed by atoms with van der Waals surface area (Å²) in [5.74, 6) is 0. The van der Waals surface area contributed by atoms with Gasteiger partial charge in [-0.25, -0.2) is 0 Å². The summed E-state index contributed by atoms with van der Waals surface area (Å²) in [5, 5.41) is 8.09. The van der Waals surface area contributed by atoms with E-state index in [9.17, 15) is 0 Å². The molecule has 0 bridgehead atoms. The summed E-state index contributed by atoms with van der Waals surface area (Å²) in [6.07, 6.45) is 0.774. The molecule has 106 valence electrons. The molecule has 0 aromatic heterocycles. The molecule has 4 N–H and O–H groups in total. The van der Waals surface area contributed by atoms with E-state index in [1.807, 2.05) is 36.4 Å². The van der Waals surface area contributed by atoms with E-state index < -0.39 is 0 Å². The molecule has 1 atom stereocenters. The van der Waals surface area contributed by atoms with Crippen LogP contribution in [0, 0.1) is 0 Å². The number of nitrogens with one attached hydrogen (secondary N) is 2. The standard InChI is InChI=1S/C16H16N4S/c17-16(21)20-19-15-10-14(11-6-2-1-3-7-11)18-13-9-5-4-8-12(13)15/h1-9,14,18H,10H2,(H3,17,20,21)/b19-15+. The third-order valence-corrected chi connectivity index (χ3v) is 3.56. The largest absolute Gasteiger partial charge is 0.377 e. The number of nitrogens with two attached hydrogens (primary N) is 1. The quantitative estimate of drug-likeness (QED) is 0.589. The highest BCUT2D eigenvalue weighted by molar-refractivity contribution is 7.80. The van der Waals surface area contributed by atoms with Crippen LogP contribution in [0.3, 0.4) is 0 Å². The fraction of sp³-hybridized carbons (Fsp3) is 0.125. The van der Waals surface area contributed by atoms with Gasteiger partial charge in [-0.3, -0.25) is 5.43 Å². The van der Waals surface area contributed by atoms with Crippen LogP contribution in [0.25, 0.3) is 0 Å². The van der Waals surface area contributed by atoms with E-state index in [0.717, 1.165) is 23.4 Å². The normalized spacial score (nSPS) is 18.7. The lowest BCUT2D eigenvalue weighted by Gasteiger charge is -2.28. The number of nitrogens with zero attached hydrogens (tertiary/aromatic N) is 1. The lowest BCUT2D eigenvalue weighted by atomic mass is 9.92. The minimum Gasteiger partial charge on any atom is -0.377 e. The molecule has 21 heavy (non-hydrogen) atoms. The summed E-state index contributed by atoms with van der Waals surface area (Å²) in [6, 6.07) is 18.6. The van der Waals surface area contributed by atoms with Gasteiger partial charge in [0.25, 0.3) is 0 Å². The number of thiocarbonyl (C=S) groups is 1. The van der Waals surface area contributed by atoms with Crippen LogP contribution in [0.1, 0.15) is 23.6 Å². The minimum atomic E-state index is 0.176. The molecule has 1 heterocycles. The van der Waals surface area contributed by atoms with E-state index in [4.69, 9.17) is 18.0 Å². The number of hydrogen-bond acceptors (Lipinski definition) is 3. The van der Waals surface area contributed by atoms with Crippen LogP contribution in [-0.4, -0.2) is 10.8 Å². The number of anilines is 1. The molecular weight excluding hydrogens is 280 g/mol. The Balaban J connectivity index is 1.96. The van der Waals surface area contributed by atoms with Gasteiger partial charge in [0.2, 0.25) is 0 Å². The highest BCUT2D eigenvalue weighted by Gasteiger charge is 2.23. The number of para-hydroxylation sites is 1. The predicted molar refractivity (Wildman–Crippen MR) is 90.3 cm³/mol. The van der Waals surface area contributed by atoms with E-state index in [1.165, 1.54) is 5.56 Å². The summed E-state index contributed by atoms with van der Waals surface area (Å²) < 4.78 is 0. The molecule has 0 fully saturated rings. The maximum absolute atomic E-state index is 5.47. The number of hydrazone groups is 1. The van der Waals surface area contributed by atoms with Gasteiger partial charge < -0.3 is 11.1 Å². The average molecular weight is 296 g/mol. The van der Waals surface area contributed by atoms with E-state index >= 15 is 0 Å². The Hall–Kier alpha value is -2.40. The van der Waals surface area contributed by atoms with Crippen molar-refractivity contribution in [2.24, 2.45) is 10.8 Å². The molecule has 0 amide bonds. The number of benzene rings is 2. The van der Waals surface area contributed by atoms with Crippen LogP contribution in [0.5, 0.6) is 0 Å². The molecule has 1 aliphatic heterocycles. The number of hydrogen-bond donors (Lipinski definition) is 3. The third-order valence-electron chi connectivity index (χ3n) is 3.47.